The molecule has 0 spiro atoms. The van der Waals surface area contributed by atoms with Gasteiger partial charge in [0.25, 0.3) is 5.56 Å². The number of hydrogen-bond acceptors (Lipinski definition) is 6. The fourth-order valence-corrected chi connectivity index (χ4v) is 4.26. The highest BCUT2D eigenvalue weighted by atomic mass is 35.5. The Balaban J connectivity index is 1.47. The summed E-state index contributed by atoms with van der Waals surface area (Å²) < 4.78 is 12.7. The largest absolute Gasteiger partial charge is 0.493 e. The Labute approximate surface area is 228 Å². The number of ether oxygens (including phenoxy) is 2. The summed E-state index contributed by atoms with van der Waals surface area (Å²) >= 11 is 6.54. The molecule has 0 atom stereocenters. The average molecular weight is 540 g/mol. The van der Waals surface area contributed by atoms with E-state index >= 15 is 0 Å². The molecule has 0 amide bonds. The Bertz CT molecular complexity index is 1750. The lowest BCUT2D eigenvalue weighted by molar-refractivity contribution is 0.0697. The van der Waals surface area contributed by atoms with E-state index in [0.29, 0.717) is 33.8 Å². The van der Waals surface area contributed by atoms with E-state index in [1.165, 1.54) is 30.1 Å². The van der Waals surface area contributed by atoms with Crippen molar-refractivity contribution in [2.24, 2.45) is 5.10 Å². The third-order valence-electron chi connectivity index (χ3n) is 5.94. The van der Waals surface area contributed by atoms with Gasteiger partial charge in [0.15, 0.2) is 17.3 Å². The van der Waals surface area contributed by atoms with Gasteiger partial charge in [-0.1, -0.05) is 66.2 Å². The summed E-state index contributed by atoms with van der Waals surface area (Å²) in [5, 5.41) is 14.3. The molecule has 0 aliphatic heterocycles. The molecule has 9 heteroatoms. The molecule has 8 nitrogen and oxygen atoms in total. The van der Waals surface area contributed by atoms with Crippen LogP contribution in [0.3, 0.4) is 0 Å². The smallest absolute Gasteiger partial charge is 0.335 e. The van der Waals surface area contributed by atoms with Crippen LogP contribution in [-0.2, 0) is 6.61 Å². The predicted octanol–water partition coefficient (Wildman–Crippen LogP) is 5.88. The third kappa shape index (κ3) is 5.51. The normalized spacial score (nSPS) is 11.1. The van der Waals surface area contributed by atoms with Crippen LogP contribution in [0.2, 0.25) is 5.02 Å². The Morgan fingerprint density at radius 2 is 1.74 bits per heavy atom. The van der Waals surface area contributed by atoms with Crippen LogP contribution in [-0.4, -0.2) is 34.1 Å². The Kier molecular flexibility index (Phi) is 7.38. The summed E-state index contributed by atoms with van der Waals surface area (Å²) in [5.74, 6) is 0.107. The van der Waals surface area contributed by atoms with E-state index in [9.17, 15) is 9.59 Å². The third-order valence-corrected chi connectivity index (χ3v) is 6.22. The summed E-state index contributed by atoms with van der Waals surface area (Å²) in [6.07, 6.45) is 1.51. The molecular formula is C30H22ClN3O5. The fraction of sp³-hybridized carbons (Fsp3) is 0.0667. The minimum absolute atomic E-state index is 0.155. The van der Waals surface area contributed by atoms with Gasteiger partial charge in [-0.2, -0.15) is 9.78 Å². The lowest BCUT2D eigenvalue weighted by Crippen LogP contribution is -2.20. The minimum Gasteiger partial charge on any atom is -0.493 e. The molecular weight excluding hydrogens is 518 g/mol. The molecule has 0 aliphatic carbocycles. The summed E-state index contributed by atoms with van der Waals surface area (Å²) in [6, 6.07) is 26.2. The van der Waals surface area contributed by atoms with E-state index in [-0.39, 0.29) is 22.8 Å². The number of aromatic nitrogens is 2. The van der Waals surface area contributed by atoms with Gasteiger partial charge < -0.3 is 14.6 Å². The van der Waals surface area contributed by atoms with Crippen LogP contribution in [0.25, 0.3) is 22.3 Å². The standard InChI is InChI=1S/C30H22ClN3O5/c1-38-26-16-20(15-24(31)27(26)39-18-19-11-13-22(14-12-19)30(36)37)17-32-34-28(21-7-3-2-4-8-21)33-25-10-6-5-9-23(25)29(34)35/h2-17H,18H2,1H3,(H,36,37). The van der Waals surface area contributed by atoms with E-state index in [0.717, 1.165) is 11.1 Å². The average Bonchev–Trinajstić information content (AvgIpc) is 2.96. The number of halogens is 1. The summed E-state index contributed by atoms with van der Waals surface area (Å²) in [6.45, 7) is 0.155. The van der Waals surface area contributed by atoms with Gasteiger partial charge in [0.05, 0.1) is 34.8 Å². The van der Waals surface area contributed by atoms with Gasteiger partial charge in [0, 0.05) is 5.56 Å². The number of rotatable bonds is 8. The van der Waals surface area contributed by atoms with E-state index < -0.39 is 5.97 Å². The van der Waals surface area contributed by atoms with Crippen LogP contribution < -0.4 is 15.0 Å². The molecule has 0 saturated heterocycles. The van der Waals surface area contributed by atoms with E-state index in [1.54, 1.807) is 42.5 Å². The maximum absolute atomic E-state index is 13.4. The fourth-order valence-electron chi connectivity index (χ4n) is 3.98. The molecule has 4 aromatic carbocycles. The molecule has 5 aromatic rings. The molecule has 194 valence electrons. The number of methoxy groups -OCH3 is 1. The Morgan fingerprint density at radius 1 is 1.03 bits per heavy atom. The van der Waals surface area contributed by atoms with Gasteiger partial charge in [0.2, 0.25) is 0 Å². The SMILES string of the molecule is COc1cc(C=Nn2c(-c3ccccc3)nc3ccccc3c2=O)cc(Cl)c1OCc1ccc(C(=O)O)cc1. The van der Waals surface area contributed by atoms with Crippen molar-refractivity contribution in [3.8, 4) is 22.9 Å². The van der Waals surface area contributed by atoms with Gasteiger partial charge >= 0.3 is 5.97 Å². The number of carbonyl (C=O) groups is 1. The highest BCUT2D eigenvalue weighted by molar-refractivity contribution is 6.32. The first-order valence-corrected chi connectivity index (χ1v) is 12.3. The molecule has 1 aromatic heterocycles. The molecule has 0 saturated carbocycles. The number of para-hydroxylation sites is 1. The topological polar surface area (TPSA) is 103 Å². The second kappa shape index (κ2) is 11.2. The molecule has 0 radical (unpaired) electrons. The number of carboxylic acids is 1. The quantitative estimate of drug-likeness (QED) is 0.247. The van der Waals surface area contributed by atoms with Crippen molar-refractivity contribution in [1.82, 2.24) is 9.66 Å². The van der Waals surface area contributed by atoms with Crippen LogP contribution in [0.5, 0.6) is 11.5 Å². The molecule has 39 heavy (non-hydrogen) atoms. The van der Waals surface area contributed by atoms with Crippen molar-refractivity contribution in [1.29, 1.82) is 0 Å². The van der Waals surface area contributed by atoms with Crippen molar-refractivity contribution in [3.63, 3.8) is 0 Å². The Morgan fingerprint density at radius 3 is 2.46 bits per heavy atom. The van der Waals surface area contributed by atoms with E-state index in [4.69, 9.17) is 31.2 Å². The Hall–Kier alpha value is -4.95. The lowest BCUT2D eigenvalue weighted by Gasteiger charge is -2.14. The van der Waals surface area contributed by atoms with E-state index in [2.05, 4.69) is 5.10 Å². The van der Waals surface area contributed by atoms with E-state index in [1.807, 2.05) is 36.4 Å². The molecule has 1 heterocycles. The second-order valence-electron chi connectivity index (χ2n) is 8.50. The molecule has 5 rings (SSSR count). The predicted molar refractivity (Wildman–Crippen MR) is 150 cm³/mol. The zero-order valence-electron chi connectivity index (χ0n) is 20.7. The van der Waals surface area contributed by atoms with Crippen LogP contribution >= 0.6 is 11.6 Å². The molecule has 1 N–H and O–H groups in total. The number of benzene rings is 4. The van der Waals surface area contributed by atoms with Crippen LogP contribution in [0.4, 0.5) is 0 Å². The van der Waals surface area contributed by atoms with Gasteiger partial charge in [-0.25, -0.2) is 9.78 Å². The summed E-state index contributed by atoms with van der Waals surface area (Å²) in [4.78, 5) is 29.1. The zero-order chi connectivity index (χ0) is 27.4. The maximum atomic E-state index is 13.4. The number of fused-ring (bicyclic) bond motifs is 1. The molecule has 0 fully saturated rings. The van der Waals surface area contributed by atoms with Crippen LogP contribution in [0.1, 0.15) is 21.5 Å². The van der Waals surface area contributed by atoms with Crippen molar-refractivity contribution < 1.29 is 19.4 Å². The first-order chi connectivity index (χ1) is 18.9. The highest BCUT2D eigenvalue weighted by Crippen LogP contribution is 2.36. The number of aromatic carboxylic acids is 1. The van der Waals surface area contributed by atoms with Crippen molar-refractivity contribution >= 4 is 34.7 Å². The first kappa shape index (κ1) is 25.7. The maximum Gasteiger partial charge on any atom is 0.335 e. The summed E-state index contributed by atoms with van der Waals surface area (Å²) in [5.41, 5.74) is 2.55. The number of hydrogen-bond donors (Lipinski definition) is 1. The number of nitrogens with zero attached hydrogens (tertiary/aromatic N) is 3. The number of carboxylic acid groups (broad SMARTS) is 1. The lowest BCUT2D eigenvalue weighted by atomic mass is 10.1. The van der Waals surface area contributed by atoms with Gasteiger partial charge in [0.1, 0.15) is 6.61 Å². The van der Waals surface area contributed by atoms with Crippen LogP contribution in [0.15, 0.2) is 101 Å². The van der Waals surface area contributed by atoms with Crippen LogP contribution in [0, 0.1) is 0 Å². The van der Waals surface area contributed by atoms with Gasteiger partial charge in [-0.3, -0.25) is 4.79 Å². The monoisotopic (exact) mass is 539 g/mol. The first-order valence-electron chi connectivity index (χ1n) is 11.9. The molecule has 0 unspecified atom stereocenters. The highest BCUT2D eigenvalue weighted by Gasteiger charge is 2.14. The molecule has 0 aliphatic rings. The summed E-state index contributed by atoms with van der Waals surface area (Å²) in [7, 11) is 1.49. The van der Waals surface area contributed by atoms with Crippen molar-refractivity contribution in [3.05, 3.63) is 123 Å². The zero-order valence-corrected chi connectivity index (χ0v) is 21.5. The molecule has 0 bridgehead atoms. The second-order valence-corrected chi connectivity index (χ2v) is 8.91. The van der Waals surface area contributed by atoms with Gasteiger partial charge in [-0.15, -0.1) is 0 Å². The van der Waals surface area contributed by atoms with Gasteiger partial charge in [-0.05, 0) is 47.5 Å². The minimum atomic E-state index is -0.998. The van der Waals surface area contributed by atoms with Crippen molar-refractivity contribution in [2.45, 2.75) is 6.61 Å². The van der Waals surface area contributed by atoms with Crippen molar-refractivity contribution in [2.75, 3.05) is 7.11 Å².